The number of nitrogens with one attached hydrogen (secondary N) is 1. The highest BCUT2D eigenvalue weighted by atomic mass is 32.2. The van der Waals surface area contributed by atoms with E-state index in [1.165, 1.54) is 51.1 Å². The van der Waals surface area contributed by atoms with Crippen molar-refractivity contribution in [2.75, 3.05) is 29.6 Å². The minimum Gasteiger partial charge on any atom is -0.312 e. The predicted molar refractivity (Wildman–Crippen MR) is 107 cm³/mol. The zero-order chi connectivity index (χ0) is 20.8. The summed E-state index contributed by atoms with van der Waals surface area (Å²) in [6.07, 6.45) is 1.73. The standard InChI is InChI=1S/C18H19FN4O4S2/c1-29(26,27)22-7-6-14-15(10-22)28-18(20-14)21-17(25)11-8-16(24)23(9-11)13-4-2-12(19)3-5-13/h2-5,11H,6-10H2,1H3,(H,20,21,25). The third-order valence-corrected chi connectivity index (χ3v) is 7.28. The summed E-state index contributed by atoms with van der Waals surface area (Å²) in [5.74, 6) is -1.44. The maximum Gasteiger partial charge on any atom is 0.231 e. The largest absolute Gasteiger partial charge is 0.312 e. The van der Waals surface area contributed by atoms with Crippen LogP contribution in [0, 0.1) is 11.7 Å². The Balaban J connectivity index is 1.42. The molecule has 1 atom stereocenters. The molecule has 2 aliphatic heterocycles. The van der Waals surface area contributed by atoms with Gasteiger partial charge >= 0.3 is 0 Å². The van der Waals surface area contributed by atoms with Crippen molar-refractivity contribution in [3.8, 4) is 0 Å². The Morgan fingerprint density at radius 1 is 1.31 bits per heavy atom. The molecule has 1 unspecified atom stereocenters. The molecule has 0 bridgehead atoms. The summed E-state index contributed by atoms with van der Waals surface area (Å²) in [5.41, 5.74) is 1.35. The molecule has 11 heteroatoms. The highest BCUT2D eigenvalue weighted by molar-refractivity contribution is 7.88. The molecule has 1 saturated heterocycles. The number of amides is 2. The molecule has 0 aliphatic carbocycles. The van der Waals surface area contributed by atoms with Crippen molar-refractivity contribution >= 4 is 44.0 Å². The van der Waals surface area contributed by atoms with E-state index >= 15 is 0 Å². The maximum absolute atomic E-state index is 13.1. The first kappa shape index (κ1) is 19.9. The lowest BCUT2D eigenvalue weighted by Gasteiger charge is -2.23. The molecule has 2 aliphatic rings. The summed E-state index contributed by atoms with van der Waals surface area (Å²) in [6.45, 7) is 0.831. The number of carbonyl (C=O) groups excluding carboxylic acids is 2. The normalized spacial score (nSPS) is 20.0. The fourth-order valence-electron chi connectivity index (χ4n) is 3.47. The molecule has 0 radical (unpaired) electrons. The minimum absolute atomic E-state index is 0.0656. The van der Waals surface area contributed by atoms with Crippen molar-refractivity contribution in [1.29, 1.82) is 0 Å². The summed E-state index contributed by atoms with van der Waals surface area (Å²) >= 11 is 1.25. The van der Waals surface area contributed by atoms with Gasteiger partial charge in [0.1, 0.15) is 5.82 Å². The Kier molecular flexibility index (Phi) is 5.13. The predicted octanol–water partition coefficient (Wildman–Crippen LogP) is 1.59. The Hall–Kier alpha value is -2.37. The van der Waals surface area contributed by atoms with Crippen LogP contribution in [0.15, 0.2) is 24.3 Å². The number of halogens is 1. The number of aromatic nitrogens is 1. The molecular weight excluding hydrogens is 419 g/mol. The molecule has 4 rings (SSSR count). The van der Waals surface area contributed by atoms with Crippen LogP contribution < -0.4 is 10.2 Å². The lowest BCUT2D eigenvalue weighted by molar-refractivity contribution is -0.122. The first-order valence-corrected chi connectivity index (χ1v) is 11.7. The third-order valence-electron chi connectivity index (χ3n) is 5.03. The first-order valence-electron chi connectivity index (χ1n) is 9.01. The summed E-state index contributed by atoms with van der Waals surface area (Å²) in [7, 11) is -3.28. The van der Waals surface area contributed by atoms with Gasteiger partial charge in [-0.2, -0.15) is 4.31 Å². The van der Waals surface area contributed by atoms with Crippen molar-refractivity contribution in [2.45, 2.75) is 19.4 Å². The number of nitrogens with zero attached hydrogens (tertiary/aromatic N) is 3. The van der Waals surface area contributed by atoms with Crippen LogP contribution in [-0.4, -0.2) is 48.9 Å². The van der Waals surface area contributed by atoms with Crippen molar-refractivity contribution in [1.82, 2.24) is 9.29 Å². The number of anilines is 2. The van der Waals surface area contributed by atoms with Crippen LogP contribution in [-0.2, 0) is 32.6 Å². The zero-order valence-electron chi connectivity index (χ0n) is 15.6. The highest BCUT2D eigenvalue weighted by Gasteiger charge is 2.36. The molecule has 1 aromatic carbocycles. The molecule has 0 saturated carbocycles. The molecule has 2 amide bonds. The first-order chi connectivity index (χ1) is 13.7. The van der Waals surface area contributed by atoms with E-state index in [-0.39, 0.29) is 31.3 Å². The van der Waals surface area contributed by atoms with Crippen molar-refractivity contribution < 1.29 is 22.4 Å². The smallest absolute Gasteiger partial charge is 0.231 e. The zero-order valence-corrected chi connectivity index (χ0v) is 17.2. The SMILES string of the molecule is CS(=O)(=O)N1CCc2nc(NC(=O)C3CC(=O)N(c4ccc(F)cc4)C3)sc2C1. The molecule has 1 N–H and O–H groups in total. The highest BCUT2D eigenvalue weighted by Crippen LogP contribution is 2.31. The van der Waals surface area contributed by atoms with E-state index in [0.717, 1.165) is 10.6 Å². The fourth-order valence-corrected chi connectivity index (χ4v) is 5.36. The number of carbonyl (C=O) groups is 2. The van der Waals surface area contributed by atoms with Crippen LogP contribution in [0.3, 0.4) is 0 Å². The molecule has 29 heavy (non-hydrogen) atoms. The second-order valence-electron chi connectivity index (χ2n) is 7.11. The van der Waals surface area contributed by atoms with Crippen LogP contribution in [0.5, 0.6) is 0 Å². The van der Waals surface area contributed by atoms with Gasteiger partial charge in [0, 0.05) is 43.0 Å². The van der Waals surface area contributed by atoms with E-state index in [0.29, 0.717) is 23.8 Å². The van der Waals surface area contributed by atoms with Crippen LogP contribution in [0.2, 0.25) is 0 Å². The van der Waals surface area contributed by atoms with Gasteiger partial charge in [-0.15, -0.1) is 11.3 Å². The Bertz CT molecular complexity index is 1070. The van der Waals surface area contributed by atoms with Crippen LogP contribution >= 0.6 is 11.3 Å². The summed E-state index contributed by atoms with van der Waals surface area (Å²) < 4.78 is 37.9. The second-order valence-corrected chi connectivity index (χ2v) is 10.2. The summed E-state index contributed by atoms with van der Waals surface area (Å²) in [4.78, 5) is 31.6. The summed E-state index contributed by atoms with van der Waals surface area (Å²) in [5, 5.41) is 3.16. The van der Waals surface area contributed by atoms with Gasteiger partial charge in [-0.3, -0.25) is 9.59 Å². The van der Waals surface area contributed by atoms with E-state index in [2.05, 4.69) is 10.3 Å². The quantitative estimate of drug-likeness (QED) is 0.782. The number of hydrogen-bond donors (Lipinski definition) is 1. The maximum atomic E-state index is 13.1. The van der Waals surface area contributed by atoms with E-state index in [1.807, 2.05) is 0 Å². The molecule has 0 spiro atoms. The Labute approximate surface area is 171 Å². The van der Waals surface area contributed by atoms with Gasteiger partial charge in [0.15, 0.2) is 5.13 Å². The molecule has 3 heterocycles. The van der Waals surface area contributed by atoms with Crippen LogP contribution in [0.4, 0.5) is 15.2 Å². The van der Waals surface area contributed by atoms with E-state index in [9.17, 15) is 22.4 Å². The number of hydrogen-bond acceptors (Lipinski definition) is 6. The number of benzene rings is 1. The fraction of sp³-hybridized carbons (Fsp3) is 0.389. The lowest BCUT2D eigenvalue weighted by Crippen LogP contribution is -2.34. The molecule has 1 aromatic heterocycles. The molecule has 154 valence electrons. The second kappa shape index (κ2) is 7.47. The molecule has 2 aromatic rings. The van der Waals surface area contributed by atoms with Gasteiger partial charge in [-0.1, -0.05) is 0 Å². The number of thiazole rings is 1. The van der Waals surface area contributed by atoms with Crippen LogP contribution in [0.1, 0.15) is 17.0 Å². The summed E-state index contributed by atoms with van der Waals surface area (Å²) in [6, 6.07) is 5.57. The number of rotatable bonds is 4. The molecule has 8 nitrogen and oxygen atoms in total. The number of sulfonamides is 1. The van der Waals surface area contributed by atoms with Gasteiger partial charge in [0.05, 0.1) is 17.9 Å². The van der Waals surface area contributed by atoms with Crippen molar-refractivity contribution in [3.63, 3.8) is 0 Å². The molecule has 1 fully saturated rings. The van der Waals surface area contributed by atoms with E-state index in [4.69, 9.17) is 0 Å². The monoisotopic (exact) mass is 438 g/mol. The van der Waals surface area contributed by atoms with Gasteiger partial charge in [-0.25, -0.2) is 17.8 Å². The van der Waals surface area contributed by atoms with Crippen LogP contribution in [0.25, 0.3) is 0 Å². The third kappa shape index (κ3) is 4.16. The Morgan fingerprint density at radius 2 is 2.03 bits per heavy atom. The van der Waals surface area contributed by atoms with Gasteiger partial charge in [0.2, 0.25) is 21.8 Å². The average Bonchev–Trinajstić information content (AvgIpc) is 3.24. The van der Waals surface area contributed by atoms with Gasteiger partial charge in [-0.05, 0) is 24.3 Å². The Morgan fingerprint density at radius 3 is 2.72 bits per heavy atom. The van der Waals surface area contributed by atoms with Gasteiger partial charge < -0.3 is 10.2 Å². The van der Waals surface area contributed by atoms with E-state index in [1.54, 1.807) is 0 Å². The average molecular weight is 439 g/mol. The lowest BCUT2D eigenvalue weighted by atomic mass is 10.1. The topological polar surface area (TPSA) is 99.7 Å². The minimum atomic E-state index is -3.28. The van der Waals surface area contributed by atoms with E-state index < -0.39 is 21.8 Å². The molecular formula is C18H19FN4O4S2. The number of fused-ring (bicyclic) bond motifs is 1. The van der Waals surface area contributed by atoms with Crippen molar-refractivity contribution in [3.05, 3.63) is 40.7 Å². The van der Waals surface area contributed by atoms with Crippen molar-refractivity contribution in [2.24, 2.45) is 5.92 Å². The van der Waals surface area contributed by atoms with Gasteiger partial charge in [0.25, 0.3) is 0 Å².